The molecule has 0 unspecified atom stereocenters. The van der Waals surface area contributed by atoms with Crippen LogP contribution in [0.1, 0.15) is 17.9 Å². The molecule has 0 amide bonds. The van der Waals surface area contributed by atoms with E-state index in [4.69, 9.17) is 0 Å². The highest BCUT2D eigenvalue weighted by molar-refractivity contribution is 5.64. The largest absolute Gasteiger partial charge is 0.319 e. The van der Waals surface area contributed by atoms with Gasteiger partial charge in [-0.25, -0.2) is 4.98 Å². The van der Waals surface area contributed by atoms with Crippen molar-refractivity contribution >= 4 is 5.69 Å². The van der Waals surface area contributed by atoms with Gasteiger partial charge in [-0.15, -0.1) is 0 Å². The van der Waals surface area contributed by atoms with E-state index in [1.165, 1.54) is 24.5 Å². The Morgan fingerprint density at radius 3 is 2.65 bits per heavy atom. The van der Waals surface area contributed by atoms with E-state index < -0.39 is 11.5 Å². The van der Waals surface area contributed by atoms with Crippen LogP contribution in [0.4, 0.5) is 14.5 Å². The molecule has 8 nitrogen and oxygen atoms in total. The SMILES string of the molecule is Cn1cc(CNCc2nccn2C(F)F)c(-c2ccc([N+](=O)[O-])cc2)n1. The van der Waals surface area contributed by atoms with Crippen molar-refractivity contribution < 1.29 is 13.7 Å². The summed E-state index contributed by atoms with van der Waals surface area (Å²) in [5.41, 5.74) is 2.26. The first-order chi connectivity index (χ1) is 12.5. The van der Waals surface area contributed by atoms with Crippen LogP contribution < -0.4 is 5.32 Å². The monoisotopic (exact) mass is 362 g/mol. The molecule has 0 spiro atoms. The maximum Gasteiger partial charge on any atom is 0.319 e. The van der Waals surface area contributed by atoms with Crippen LogP contribution in [-0.2, 0) is 20.1 Å². The van der Waals surface area contributed by atoms with Crippen molar-refractivity contribution in [2.45, 2.75) is 19.6 Å². The van der Waals surface area contributed by atoms with Crippen LogP contribution in [0, 0.1) is 10.1 Å². The van der Waals surface area contributed by atoms with Gasteiger partial charge in [-0.1, -0.05) is 0 Å². The fourth-order valence-electron chi connectivity index (χ4n) is 2.62. The van der Waals surface area contributed by atoms with Crippen LogP contribution in [0.25, 0.3) is 11.3 Å². The molecule has 0 aliphatic rings. The predicted molar refractivity (Wildman–Crippen MR) is 89.3 cm³/mol. The van der Waals surface area contributed by atoms with E-state index in [-0.39, 0.29) is 18.1 Å². The molecule has 26 heavy (non-hydrogen) atoms. The second-order valence-corrected chi connectivity index (χ2v) is 5.61. The minimum absolute atomic E-state index is 0.00296. The van der Waals surface area contributed by atoms with Crippen molar-refractivity contribution in [2.24, 2.45) is 7.05 Å². The van der Waals surface area contributed by atoms with Gasteiger partial charge >= 0.3 is 6.55 Å². The topological polar surface area (TPSA) is 90.8 Å². The van der Waals surface area contributed by atoms with Crippen LogP contribution in [0.15, 0.2) is 42.9 Å². The van der Waals surface area contributed by atoms with Gasteiger partial charge < -0.3 is 5.32 Å². The molecule has 0 fully saturated rings. The minimum atomic E-state index is -2.64. The number of halogens is 2. The molecule has 136 valence electrons. The van der Waals surface area contributed by atoms with Crippen LogP contribution >= 0.6 is 0 Å². The summed E-state index contributed by atoms with van der Waals surface area (Å²) in [7, 11) is 1.77. The van der Waals surface area contributed by atoms with Crippen molar-refractivity contribution in [3.8, 4) is 11.3 Å². The lowest BCUT2D eigenvalue weighted by molar-refractivity contribution is -0.384. The Labute approximate surface area is 147 Å². The maximum atomic E-state index is 12.8. The summed E-state index contributed by atoms with van der Waals surface area (Å²) < 4.78 is 28.1. The summed E-state index contributed by atoms with van der Waals surface area (Å²) in [6.45, 7) is -2.08. The van der Waals surface area contributed by atoms with E-state index >= 15 is 0 Å². The Hall–Kier alpha value is -3.14. The Morgan fingerprint density at radius 1 is 1.27 bits per heavy atom. The van der Waals surface area contributed by atoms with Gasteiger partial charge in [-0.3, -0.25) is 19.4 Å². The van der Waals surface area contributed by atoms with Crippen LogP contribution in [0.3, 0.4) is 0 Å². The summed E-state index contributed by atoms with van der Waals surface area (Å²) in [5.74, 6) is 0.237. The standard InChI is InChI=1S/C16H16F2N6O2/c1-22-10-12(8-19-9-14-20-6-7-23(14)16(17)18)15(21-22)11-2-4-13(5-3-11)24(25)26/h2-7,10,16,19H,8-9H2,1H3. The number of aromatic nitrogens is 4. The molecule has 0 radical (unpaired) electrons. The molecular formula is C16H16F2N6O2. The molecule has 0 saturated carbocycles. The number of hydrogen-bond donors (Lipinski definition) is 1. The van der Waals surface area contributed by atoms with Crippen molar-refractivity contribution in [2.75, 3.05) is 0 Å². The second kappa shape index (κ2) is 7.40. The van der Waals surface area contributed by atoms with Gasteiger partial charge in [-0.2, -0.15) is 13.9 Å². The highest BCUT2D eigenvalue weighted by Crippen LogP contribution is 2.24. The molecule has 3 rings (SSSR count). The van der Waals surface area contributed by atoms with Crippen molar-refractivity contribution in [3.63, 3.8) is 0 Å². The van der Waals surface area contributed by atoms with E-state index in [1.807, 2.05) is 6.20 Å². The lowest BCUT2D eigenvalue weighted by Crippen LogP contribution is -2.17. The highest BCUT2D eigenvalue weighted by atomic mass is 19.3. The zero-order valence-electron chi connectivity index (χ0n) is 13.8. The average molecular weight is 362 g/mol. The van der Waals surface area contributed by atoms with Gasteiger partial charge in [0.25, 0.3) is 5.69 Å². The number of benzene rings is 1. The summed E-state index contributed by atoms with van der Waals surface area (Å²) in [4.78, 5) is 14.2. The summed E-state index contributed by atoms with van der Waals surface area (Å²) in [6.07, 6.45) is 4.37. The first kappa shape index (κ1) is 17.7. The van der Waals surface area contributed by atoms with Crippen molar-refractivity contribution in [1.82, 2.24) is 24.6 Å². The van der Waals surface area contributed by atoms with E-state index in [0.717, 1.165) is 15.7 Å². The van der Waals surface area contributed by atoms with Gasteiger partial charge in [0.2, 0.25) is 0 Å². The average Bonchev–Trinajstić information content (AvgIpc) is 3.22. The molecule has 3 aromatic rings. The van der Waals surface area contributed by atoms with E-state index in [1.54, 1.807) is 23.9 Å². The molecule has 0 saturated heterocycles. The molecule has 0 aliphatic carbocycles. The van der Waals surface area contributed by atoms with Gasteiger partial charge in [0.05, 0.1) is 17.2 Å². The van der Waals surface area contributed by atoms with Crippen molar-refractivity contribution in [1.29, 1.82) is 0 Å². The van der Waals surface area contributed by atoms with Gasteiger partial charge in [-0.05, 0) is 12.1 Å². The lowest BCUT2D eigenvalue weighted by atomic mass is 10.1. The summed E-state index contributed by atoms with van der Waals surface area (Å²) in [6, 6.07) is 6.10. The smallest absolute Gasteiger partial charge is 0.306 e. The summed E-state index contributed by atoms with van der Waals surface area (Å²) >= 11 is 0. The molecule has 2 aromatic heterocycles. The van der Waals surface area contributed by atoms with Crippen LogP contribution in [0.2, 0.25) is 0 Å². The number of nitrogens with one attached hydrogen (secondary N) is 1. The third-order valence-corrected chi connectivity index (χ3v) is 3.81. The minimum Gasteiger partial charge on any atom is -0.306 e. The molecule has 2 heterocycles. The molecule has 0 bridgehead atoms. The van der Waals surface area contributed by atoms with E-state index in [9.17, 15) is 18.9 Å². The number of non-ortho nitro benzene ring substituents is 1. The van der Waals surface area contributed by atoms with Crippen LogP contribution in [-0.4, -0.2) is 24.3 Å². The number of hydrogen-bond acceptors (Lipinski definition) is 5. The molecule has 0 atom stereocenters. The number of imidazole rings is 1. The number of aryl methyl sites for hydroxylation is 1. The zero-order valence-corrected chi connectivity index (χ0v) is 13.8. The van der Waals surface area contributed by atoms with Gasteiger partial charge in [0, 0.05) is 55.4 Å². The summed E-state index contributed by atoms with van der Waals surface area (Å²) in [5, 5.41) is 18.2. The Balaban J connectivity index is 1.73. The van der Waals surface area contributed by atoms with Crippen LogP contribution in [0.5, 0.6) is 0 Å². The van der Waals surface area contributed by atoms with E-state index in [0.29, 0.717) is 12.2 Å². The third-order valence-electron chi connectivity index (χ3n) is 3.81. The number of alkyl halides is 2. The number of nitrogens with zero attached hydrogens (tertiary/aromatic N) is 5. The molecule has 1 aromatic carbocycles. The fourth-order valence-corrected chi connectivity index (χ4v) is 2.62. The first-order valence-corrected chi connectivity index (χ1v) is 7.73. The zero-order chi connectivity index (χ0) is 18.7. The number of nitro groups is 1. The third kappa shape index (κ3) is 3.75. The van der Waals surface area contributed by atoms with Crippen molar-refractivity contribution in [3.05, 3.63) is 64.4 Å². The van der Waals surface area contributed by atoms with Gasteiger partial charge in [0.15, 0.2) is 0 Å². The fraction of sp³-hybridized carbons (Fsp3) is 0.250. The molecule has 10 heteroatoms. The first-order valence-electron chi connectivity index (χ1n) is 7.73. The highest BCUT2D eigenvalue weighted by Gasteiger charge is 2.14. The molecule has 1 N–H and O–H groups in total. The second-order valence-electron chi connectivity index (χ2n) is 5.61. The maximum absolute atomic E-state index is 12.8. The Morgan fingerprint density at radius 2 is 2.00 bits per heavy atom. The number of rotatable bonds is 7. The molecule has 0 aliphatic heterocycles. The number of nitro benzene ring substituents is 1. The lowest BCUT2D eigenvalue weighted by Gasteiger charge is -2.08. The Bertz CT molecular complexity index is 904. The molecular weight excluding hydrogens is 346 g/mol. The Kier molecular flexibility index (Phi) is 5.03. The normalized spacial score (nSPS) is 11.2. The predicted octanol–water partition coefficient (Wildman–Crippen LogP) is 2.88. The van der Waals surface area contributed by atoms with Gasteiger partial charge in [0.1, 0.15) is 5.82 Å². The quantitative estimate of drug-likeness (QED) is 0.515. The van der Waals surface area contributed by atoms with E-state index in [2.05, 4.69) is 15.4 Å².